The minimum absolute atomic E-state index is 0.327. The van der Waals surface area contributed by atoms with Gasteiger partial charge in [-0.2, -0.15) is 5.26 Å². The zero-order chi connectivity index (χ0) is 63.2. The Morgan fingerprint density at radius 2 is 0.696 bits per heavy atom. The number of hydrogen-bond donors (Lipinski definition) is 0. The van der Waals surface area contributed by atoms with Crippen LogP contribution in [0.5, 0.6) is 0 Å². The van der Waals surface area contributed by atoms with Crippen molar-refractivity contribution in [1.82, 2.24) is 9.97 Å². The Hall–Kier alpha value is -11.2. The average Bonchev–Trinajstić information content (AvgIpc) is 1.86. The minimum atomic E-state index is -0.335. The monoisotopic (exact) mass is 1210 g/mol. The second-order valence-corrected chi connectivity index (χ2v) is 23.9. The Bertz CT molecular complexity index is 4930. The Morgan fingerprint density at radius 3 is 1.07 bits per heavy atom. The van der Waals surface area contributed by atoms with Gasteiger partial charge in [0.25, 0.3) is 0 Å². The molecule has 0 saturated carbocycles. The molecule has 0 atom stereocenters. The molecule has 0 spiro atoms. The third-order valence-electron chi connectivity index (χ3n) is 16.9. The number of aromatic nitrogens is 2. The summed E-state index contributed by atoms with van der Waals surface area (Å²) in [5.41, 5.74) is 22.2. The maximum Gasteiger partial charge on any atom is 0.494 e. The lowest BCUT2D eigenvalue weighted by Crippen LogP contribution is -2.41. The Kier molecular flexibility index (Phi) is 17.0. The lowest BCUT2D eigenvalue weighted by Gasteiger charge is -2.32. The molecule has 1 saturated heterocycles. The van der Waals surface area contributed by atoms with Gasteiger partial charge in [0.2, 0.25) is 11.8 Å². The first-order valence-electron chi connectivity index (χ1n) is 30.4. The molecule has 1 aliphatic rings. The van der Waals surface area contributed by atoms with Gasteiger partial charge in [-0.05, 0) is 173 Å². The molecule has 1 aliphatic heterocycles. The minimum Gasteiger partial charge on any atom is -0.436 e. The fourth-order valence-electron chi connectivity index (χ4n) is 11.1. The number of hydrogen-bond acceptors (Lipinski definition) is 7. The first-order chi connectivity index (χ1) is 44.8. The van der Waals surface area contributed by atoms with Crippen molar-refractivity contribution >= 4 is 52.1 Å². The maximum atomic E-state index is 9.04. The largest absolute Gasteiger partial charge is 0.494 e. The van der Waals surface area contributed by atoms with Crippen LogP contribution in [0.2, 0.25) is 5.02 Å². The number of fused-ring (bicyclic) bond motifs is 2. The van der Waals surface area contributed by atoms with Crippen LogP contribution in [0.25, 0.3) is 128 Å². The summed E-state index contributed by atoms with van der Waals surface area (Å²) >= 11 is 6.02. The number of rotatable bonds is 10. The molecule has 0 aliphatic carbocycles. The van der Waals surface area contributed by atoms with Crippen molar-refractivity contribution in [3.63, 3.8) is 0 Å². The average molecular weight is 1210 g/mol. The van der Waals surface area contributed by atoms with E-state index in [0.717, 1.165) is 117 Å². The molecule has 0 radical (unpaired) electrons. The molecule has 1 fully saturated rings. The van der Waals surface area contributed by atoms with E-state index in [1.54, 1.807) is 0 Å². The van der Waals surface area contributed by atoms with E-state index in [4.69, 9.17) is 51.5 Å². The summed E-state index contributed by atoms with van der Waals surface area (Å²) in [6.45, 7) is 15.2. The molecule has 14 aromatic rings. The highest BCUT2D eigenvalue weighted by atomic mass is 35.5. The van der Waals surface area contributed by atoms with Crippen LogP contribution in [-0.2, 0) is 9.31 Å². The molecule has 442 valence electrons. The van der Waals surface area contributed by atoms with Crippen LogP contribution >= 0.6 is 11.6 Å². The number of nitrogens with zero attached hydrogens (tertiary/aromatic N) is 4. The third-order valence-corrected chi connectivity index (χ3v) is 17.2. The van der Waals surface area contributed by atoms with Gasteiger partial charge >= 0.3 is 7.12 Å². The number of benzene rings is 12. The topological polar surface area (TPSA) is 98.7 Å². The highest BCUT2D eigenvalue weighted by Gasteiger charge is 2.51. The predicted molar refractivity (Wildman–Crippen MR) is 375 cm³/mol. The van der Waals surface area contributed by atoms with Crippen LogP contribution in [-0.4, -0.2) is 28.3 Å². The lowest BCUT2D eigenvalue weighted by atomic mass is 9.78. The molecule has 0 unspecified atom stereocenters. The molecule has 92 heavy (non-hydrogen) atoms. The Balaban J connectivity index is 0.000000133. The number of halogens is 1. The van der Waals surface area contributed by atoms with Crippen LogP contribution in [0.15, 0.2) is 300 Å². The van der Waals surface area contributed by atoms with Crippen LogP contribution in [0.1, 0.15) is 33.3 Å². The van der Waals surface area contributed by atoms with E-state index in [1.165, 1.54) is 0 Å². The van der Waals surface area contributed by atoms with E-state index in [2.05, 4.69) is 184 Å². The SMILES string of the molecule is Clc1ccc(-c2nc3c(-c4ccccc4)cc(-c4ccccc4)cc3o2)cc1.N#Cc1ccc(-c2ccc(-c3ccc(-c4nc5c(-c6ccccc6)cc(-c6ccccc6)cc5o4)cc3)cc2)cc1.[C-]#[N+]c1ccc(-c2ccc(B3OC(C)(C)C(C)(C)O3)cc2)cc1. The highest BCUT2D eigenvalue weighted by Crippen LogP contribution is 2.40. The summed E-state index contributed by atoms with van der Waals surface area (Å²) < 4.78 is 24.7. The summed E-state index contributed by atoms with van der Waals surface area (Å²) in [6.07, 6.45) is 0. The molecule has 2 aromatic heterocycles. The van der Waals surface area contributed by atoms with Crippen molar-refractivity contribution < 1.29 is 18.1 Å². The van der Waals surface area contributed by atoms with Crippen molar-refractivity contribution in [2.24, 2.45) is 0 Å². The standard InChI is InChI=1S/C38H24N2O.C25H16ClNO.C19H20BNO2/c39-25-26-11-13-28(14-12-26)29-15-17-30(18-16-29)31-19-21-33(22-20-31)38-40-37-35(32-9-5-2-6-10-32)23-34(24-36(37)41-38)27-7-3-1-4-8-27;26-21-13-11-19(12-14-21)25-27-24-22(18-9-5-2-6-10-18)15-20(16-23(24)28-25)17-7-3-1-4-8-17;1-18(2)19(3,4)23-20(22-18)16-10-6-14(7-11-16)15-8-12-17(21-5)13-9-15/h1-24H;1-16H;6-13H,1-4H3. The summed E-state index contributed by atoms with van der Waals surface area (Å²) in [6, 6.07) is 99.8. The quantitative estimate of drug-likeness (QED) is 0.0993. The zero-order valence-electron chi connectivity index (χ0n) is 51.1. The molecule has 0 N–H and O–H groups in total. The molecule has 12 aromatic carbocycles. The molecule has 10 heteroatoms. The van der Waals surface area contributed by atoms with E-state index in [0.29, 0.717) is 28.1 Å². The van der Waals surface area contributed by atoms with Crippen LogP contribution in [0, 0.1) is 17.9 Å². The van der Waals surface area contributed by atoms with Gasteiger partial charge in [0.15, 0.2) is 16.9 Å². The summed E-state index contributed by atoms with van der Waals surface area (Å²) in [4.78, 5) is 13.2. The summed E-state index contributed by atoms with van der Waals surface area (Å²) in [7, 11) is -0.335. The molecule has 0 bridgehead atoms. The molecule has 8 nitrogen and oxygen atoms in total. The zero-order valence-corrected chi connectivity index (χ0v) is 51.8. The fraction of sp³-hybridized carbons (Fsp3) is 0.0732. The van der Waals surface area contributed by atoms with Crippen LogP contribution < -0.4 is 5.46 Å². The molecular formula is C82H60BClN4O4. The third kappa shape index (κ3) is 13.0. The first kappa shape index (κ1) is 59.8. The Labute approximate surface area is 541 Å². The lowest BCUT2D eigenvalue weighted by molar-refractivity contribution is 0.00578. The van der Waals surface area contributed by atoms with Gasteiger partial charge < -0.3 is 18.1 Å². The van der Waals surface area contributed by atoms with Gasteiger partial charge in [-0.3, -0.25) is 0 Å². The van der Waals surface area contributed by atoms with Crippen LogP contribution in [0.4, 0.5) is 5.69 Å². The van der Waals surface area contributed by atoms with Gasteiger partial charge in [-0.25, -0.2) is 14.8 Å². The number of oxazole rings is 2. The Morgan fingerprint density at radius 1 is 0.380 bits per heavy atom. The van der Waals surface area contributed by atoms with E-state index in [1.807, 2.05) is 146 Å². The molecular weight excluding hydrogens is 1150 g/mol. The summed E-state index contributed by atoms with van der Waals surface area (Å²) in [5.74, 6) is 1.19. The fourth-order valence-corrected chi connectivity index (χ4v) is 11.2. The second-order valence-electron chi connectivity index (χ2n) is 23.5. The molecule has 15 rings (SSSR count). The van der Waals surface area contributed by atoms with E-state index < -0.39 is 0 Å². The summed E-state index contributed by atoms with van der Waals surface area (Å²) in [5, 5.41) is 9.74. The van der Waals surface area contributed by atoms with Crippen molar-refractivity contribution in [3.8, 4) is 107 Å². The van der Waals surface area contributed by atoms with Gasteiger partial charge in [0, 0.05) is 27.3 Å². The van der Waals surface area contributed by atoms with Crippen molar-refractivity contribution in [2.75, 3.05) is 0 Å². The molecule has 3 heterocycles. The smallest absolute Gasteiger partial charge is 0.436 e. The second kappa shape index (κ2) is 26.1. The van der Waals surface area contributed by atoms with Gasteiger partial charge in [0.1, 0.15) is 11.0 Å². The van der Waals surface area contributed by atoms with Crippen molar-refractivity contribution in [1.29, 1.82) is 5.26 Å². The van der Waals surface area contributed by atoms with Gasteiger partial charge in [-0.15, -0.1) is 0 Å². The van der Waals surface area contributed by atoms with E-state index in [9.17, 15) is 0 Å². The maximum absolute atomic E-state index is 9.04. The molecule has 0 amide bonds. The van der Waals surface area contributed by atoms with Gasteiger partial charge in [0.05, 0.1) is 29.4 Å². The highest BCUT2D eigenvalue weighted by molar-refractivity contribution is 6.62. The predicted octanol–water partition coefficient (Wildman–Crippen LogP) is 21.7. The first-order valence-corrected chi connectivity index (χ1v) is 30.7. The normalized spacial score (nSPS) is 12.9. The van der Waals surface area contributed by atoms with E-state index >= 15 is 0 Å². The van der Waals surface area contributed by atoms with Crippen molar-refractivity contribution in [3.05, 3.63) is 313 Å². The van der Waals surface area contributed by atoms with Crippen LogP contribution in [0.3, 0.4) is 0 Å². The van der Waals surface area contributed by atoms with Gasteiger partial charge in [-0.1, -0.05) is 230 Å². The van der Waals surface area contributed by atoms with Crippen molar-refractivity contribution in [2.45, 2.75) is 38.9 Å². The van der Waals surface area contributed by atoms with E-state index in [-0.39, 0.29) is 18.3 Å². The number of nitriles is 1.